The van der Waals surface area contributed by atoms with Crippen molar-refractivity contribution in [2.75, 3.05) is 0 Å². The van der Waals surface area contributed by atoms with Crippen molar-refractivity contribution in [3.63, 3.8) is 0 Å². The van der Waals surface area contributed by atoms with Gasteiger partial charge >= 0.3 is 34.5 Å². The van der Waals surface area contributed by atoms with Crippen molar-refractivity contribution in [1.29, 1.82) is 0 Å². The molecule has 0 nitrogen and oxygen atoms in total. The van der Waals surface area contributed by atoms with Crippen LogP contribution in [0.15, 0.2) is 0 Å². The standard InChI is InChI=1S/C3H9Te/c1-4(2)3/h1-3H3. The third-order valence-electron chi connectivity index (χ3n) is 0. The molecule has 0 N–H and O–H groups in total. The van der Waals surface area contributed by atoms with Gasteiger partial charge in [0.15, 0.2) is 0 Å². The van der Waals surface area contributed by atoms with Gasteiger partial charge in [-0.05, 0) is 0 Å². The van der Waals surface area contributed by atoms with Crippen LogP contribution >= 0.6 is 0 Å². The Morgan fingerprint density at radius 2 is 1.00 bits per heavy atom. The van der Waals surface area contributed by atoms with Crippen LogP contribution < -0.4 is 0 Å². The molecule has 0 fully saturated rings. The summed E-state index contributed by atoms with van der Waals surface area (Å²) in [6.45, 7) is 0. The molecule has 27 valence electrons. The summed E-state index contributed by atoms with van der Waals surface area (Å²) < 4.78 is 0. The molecule has 1 radical (unpaired) electrons. The topological polar surface area (TPSA) is 0 Å². The number of rotatable bonds is 0. The van der Waals surface area contributed by atoms with E-state index in [1.54, 1.807) is 0 Å². The second-order valence-corrected chi connectivity index (χ2v) is 8.22. The number of hydrogen-bond donors (Lipinski definition) is 0. The van der Waals surface area contributed by atoms with Crippen LogP contribution in [0.2, 0.25) is 14.9 Å². The van der Waals surface area contributed by atoms with Crippen LogP contribution in [0.5, 0.6) is 0 Å². The molecule has 0 saturated heterocycles. The molecule has 0 aromatic carbocycles. The molecule has 0 unspecified atom stereocenters. The molecule has 0 aliphatic heterocycles. The summed E-state index contributed by atoms with van der Waals surface area (Å²) in [5, 5.41) is 0. The molecular weight excluding hydrogens is 164 g/mol. The van der Waals surface area contributed by atoms with Gasteiger partial charge in [0.05, 0.1) is 0 Å². The van der Waals surface area contributed by atoms with Crippen molar-refractivity contribution in [1.82, 2.24) is 0 Å². The Bertz CT molecular complexity index is 8.00. The summed E-state index contributed by atoms with van der Waals surface area (Å²) >= 11 is -0.357. The van der Waals surface area contributed by atoms with E-state index in [1.807, 2.05) is 0 Å². The van der Waals surface area contributed by atoms with Crippen LogP contribution in [0.3, 0.4) is 0 Å². The van der Waals surface area contributed by atoms with Gasteiger partial charge in [0.25, 0.3) is 0 Å². The molecule has 0 bridgehead atoms. The van der Waals surface area contributed by atoms with Gasteiger partial charge in [-0.1, -0.05) is 0 Å². The van der Waals surface area contributed by atoms with E-state index in [-0.39, 0.29) is 19.6 Å². The second-order valence-electron chi connectivity index (χ2n) is 1.22. The molecule has 0 spiro atoms. The third-order valence-corrected chi connectivity index (χ3v) is 0. The van der Waals surface area contributed by atoms with Crippen LogP contribution in [0.1, 0.15) is 0 Å². The third kappa shape index (κ3) is 14.3. The van der Waals surface area contributed by atoms with Crippen molar-refractivity contribution in [3.8, 4) is 0 Å². The van der Waals surface area contributed by atoms with Crippen LogP contribution in [0.25, 0.3) is 0 Å². The summed E-state index contributed by atoms with van der Waals surface area (Å²) in [5.41, 5.74) is 0. The Morgan fingerprint density at radius 3 is 1.00 bits per heavy atom. The molecule has 0 aliphatic rings. The molecule has 0 heterocycles. The van der Waals surface area contributed by atoms with E-state index in [2.05, 4.69) is 14.9 Å². The first-order valence-corrected chi connectivity index (χ1v) is 8.22. The predicted octanol–water partition coefficient (Wildman–Crippen LogP) is 1.37. The summed E-state index contributed by atoms with van der Waals surface area (Å²) in [7, 11) is 0. The van der Waals surface area contributed by atoms with E-state index < -0.39 is 0 Å². The van der Waals surface area contributed by atoms with Crippen molar-refractivity contribution in [2.24, 2.45) is 0 Å². The first-order valence-electron chi connectivity index (χ1n) is 1.22. The maximum atomic E-state index is 2.34. The zero-order valence-corrected chi connectivity index (χ0v) is 5.74. The fourth-order valence-corrected chi connectivity index (χ4v) is 0. The molecule has 4 heavy (non-hydrogen) atoms. The minimum absolute atomic E-state index is 0.357. The average Bonchev–Trinajstić information content (AvgIpc) is 0.811. The van der Waals surface area contributed by atoms with E-state index in [9.17, 15) is 0 Å². The van der Waals surface area contributed by atoms with Gasteiger partial charge in [-0.2, -0.15) is 0 Å². The Morgan fingerprint density at radius 1 is 1.00 bits per heavy atom. The van der Waals surface area contributed by atoms with Crippen LogP contribution in [0, 0.1) is 0 Å². The Kier molecular flexibility index (Phi) is 2.46. The van der Waals surface area contributed by atoms with Crippen molar-refractivity contribution in [3.05, 3.63) is 0 Å². The molecule has 0 amide bonds. The Hall–Kier alpha value is 0.790. The van der Waals surface area contributed by atoms with Crippen molar-refractivity contribution in [2.45, 2.75) is 14.9 Å². The van der Waals surface area contributed by atoms with Crippen LogP contribution in [-0.2, 0) is 0 Å². The average molecular weight is 173 g/mol. The Labute approximate surface area is 34.9 Å². The molecule has 0 saturated carbocycles. The molecule has 0 aliphatic carbocycles. The predicted molar refractivity (Wildman–Crippen MR) is 23.3 cm³/mol. The fraction of sp³-hybridized carbons (Fsp3) is 1.00. The SMILES string of the molecule is C[Te](C)C. The van der Waals surface area contributed by atoms with Gasteiger partial charge in [0, 0.05) is 0 Å². The summed E-state index contributed by atoms with van der Waals surface area (Å²) in [5.74, 6) is 0. The van der Waals surface area contributed by atoms with Crippen LogP contribution in [0.4, 0.5) is 0 Å². The van der Waals surface area contributed by atoms with Gasteiger partial charge in [-0.3, -0.25) is 0 Å². The monoisotopic (exact) mass is 175 g/mol. The van der Waals surface area contributed by atoms with E-state index in [4.69, 9.17) is 0 Å². The van der Waals surface area contributed by atoms with Gasteiger partial charge < -0.3 is 0 Å². The summed E-state index contributed by atoms with van der Waals surface area (Å²) in [6, 6.07) is 0. The molecule has 0 aromatic heterocycles. The summed E-state index contributed by atoms with van der Waals surface area (Å²) in [4.78, 5) is 7.01. The zero-order chi connectivity index (χ0) is 3.58. The van der Waals surface area contributed by atoms with Gasteiger partial charge in [-0.15, -0.1) is 0 Å². The molecule has 0 atom stereocenters. The molecule has 0 aromatic rings. The summed E-state index contributed by atoms with van der Waals surface area (Å²) in [6.07, 6.45) is 0. The normalized spacial score (nSPS) is 9.00. The van der Waals surface area contributed by atoms with Crippen molar-refractivity contribution >= 4 is 19.6 Å². The molecule has 1 heteroatoms. The van der Waals surface area contributed by atoms with Crippen LogP contribution in [-0.4, -0.2) is 19.6 Å². The quantitative estimate of drug-likeness (QED) is 0.485. The molecular formula is C3H9Te. The van der Waals surface area contributed by atoms with E-state index in [1.165, 1.54) is 0 Å². The first-order chi connectivity index (χ1) is 1.73. The number of hydrogen-bond acceptors (Lipinski definition) is 0. The van der Waals surface area contributed by atoms with Gasteiger partial charge in [0.2, 0.25) is 0 Å². The fourth-order valence-electron chi connectivity index (χ4n) is 0. The van der Waals surface area contributed by atoms with E-state index in [0.717, 1.165) is 0 Å². The maximum absolute atomic E-state index is 2.34. The van der Waals surface area contributed by atoms with Gasteiger partial charge in [0.1, 0.15) is 0 Å². The molecule has 0 rings (SSSR count). The van der Waals surface area contributed by atoms with E-state index in [0.29, 0.717) is 0 Å². The second kappa shape index (κ2) is 2.05. The Balaban J connectivity index is 2.32. The van der Waals surface area contributed by atoms with E-state index >= 15 is 0 Å². The zero-order valence-electron chi connectivity index (χ0n) is 3.41. The first kappa shape index (κ1) is 4.79. The van der Waals surface area contributed by atoms with Crippen molar-refractivity contribution < 1.29 is 0 Å². The van der Waals surface area contributed by atoms with Gasteiger partial charge in [-0.25, -0.2) is 0 Å². The minimum atomic E-state index is -0.357.